The number of carbonyl (C=O) groups excluding carboxylic acids is 1. The van der Waals surface area contributed by atoms with Crippen LogP contribution in [0.25, 0.3) is 0 Å². The van der Waals surface area contributed by atoms with Gasteiger partial charge in [-0.3, -0.25) is 4.79 Å². The number of amides is 1. The standard InChI is InChI=1S/C20H31N3O/c24-20(17-22-13-5-1-2-6-14-22)21-18-9-11-19(12-10-18)23-15-7-3-4-8-16-23/h9-12H,1-8,13-17H2,(H,21,24)/p+1. The van der Waals surface area contributed by atoms with Gasteiger partial charge in [0.2, 0.25) is 0 Å². The van der Waals surface area contributed by atoms with Crippen LogP contribution >= 0.6 is 0 Å². The molecule has 2 fully saturated rings. The lowest BCUT2D eigenvalue weighted by Gasteiger charge is -2.23. The Morgan fingerprint density at radius 2 is 1.46 bits per heavy atom. The van der Waals surface area contributed by atoms with Crippen molar-refractivity contribution in [3.8, 4) is 0 Å². The first-order valence-corrected chi connectivity index (χ1v) is 9.80. The molecule has 2 aliphatic heterocycles. The molecule has 2 aliphatic rings. The van der Waals surface area contributed by atoms with Gasteiger partial charge < -0.3 is 15.1 Å². The van der Waals surface area contributed by atoms with Crippen LogP contribution in [0.4, 0.5) is 11.4 Å². The molecule has 0 aromatic heterocycles. The zero-order chi connectivity index (χ0) is 16.6. The molecular formula is C20H32N3O+. The van der Waals surface area contributed by atoms with Crippen LogP contribution in [0.3, 0.4) is 0 Å². The highest BCUT2D eigenvalue weighted by Gasteiger charge is 2.16. The molecule has 4 nitrogen and oxygen atoms in total. The van der Waals surface area contributed by atoms with Crippen molar-refractivity contribution in [2.45, 2.75) is 51.4 Å². The van der Waals surface area contributed by atoms with Gasteiger partial charge in [0.15, 0.2) is 6.54 Å². The number of quaternary nitrogens is 1. The molecule has 1 aromatic rings. The second kappa shape index (κ2) is 9.07. The lowest BCUT2D eigenvalue weighted by molar-refractivity contribution is -0.890. The van der Waals surface area contributed by atoms with E-state index in [4.69, 9.17) is 0 Å². The lowest BCUT2D eigenvalue weighted by atomic mass is 10.2. The monoisotopic (exact) mass is 330 g/mol. The molecule has 2 saturated heterocycles. The van der Waals surface area contributed by atoms with Crippen LogP contribution in [0.5, 0.6) is 0 Å². The number of nitrogens with zero attached hydrogens (tertiary/aromatic N) is 1. The van der Waals surface area contributed by atoms with Gasteiger partial charge in [-0.25, -0.2) is 0 Å². The third-order valence-electron chi connectivity index (χ3n) is 5.34. The number of likely N-dealkylation sites (tertiary alicyclic amines) is 1. The van der Waals surface area contributed by atoms with Crippen molar-refractivity contribution >= 4 is 17.3 Å². The zero-order valence-electron chi connectivity index (χ0n) is 14.9. The van der Waals surface area contributed by atoms with Crippen LogP contribution in [-0.2, 0) is 4.79 Å². The molecule has 0 spiro atoms. The van der Waals surface area contributed by atoms with E-state index in [-0.39, 0.29) is 5.91 Å². The molecule has 0 aliphatic carbocycles. The Morgan fingerprint density at radius 1 is 0.875 bits per heavy atom. The molecule has 0 atom stereocenters. The molecule has 0 saturated carbocycles. The smallest absolute Gasteiger partial charge is 0.279 e. The normalized spacial score (nSPS) is 20.2. The van der Waals surface area contributed by atoms with Gasteiger partial charge in [0.05, 0.1) is 13.1 Å². The molecule has 3 rings (SSSR count). The van der Waals surface area contributed by atoms with Gasteiger partial charge in [-0.15, -0.1) is 0 Å². The summed E-state index contributed by atoms with van der Waals surface area (Å²) in [5.74, 6) is 0.148. The van der Waals surface area contributed by atoms with Crippen molar-refractivity contribution in [2.75, 3.05) is 42.9 Å². The zero-order valence-corrected chi connectivity index (χ0v) is 14.9. The van der Waals surface area contributed by atoms with Crippen molar-refractivity contribution in [1.82, 2.24) is 0 Å². The molecule has 4 heteroatoms. The third kappa shape index (κ3) is 5.23. The first-order chi connectivity index (χ1) is 11.8. The van der Waals surface area contributed by atoms with Crippen molar-refractivity contribution in [3.63, 3.8) is 0 Å². The Balaban J connectivity index is 1.50. The number of hydrogen-bond acceptors (Lipinski definition) is 2. The maximum atomic E-state index is 12.3. The number of anilines is 2. The average molecular weight is 330 g/mol. The van der Waals surface area contributed by atoms with Gasteiger partial charge >= 0.3 is 0 Å². The van der Waals surface area contributed by atoms with E-state index < -0.39 is 0 Å². The first-order valence-electron chi connectivity index (χ1n) is 9.80. The van der Waals surface area contributed by atoms with Gasteiger partial charge in [0.1, 0.15) is 0 Å². The van der Waals surface area contributed by atoms with Gasteiger partial charge in [-0.05, 0) is 62.8 Å². The maximum absolute atomic E-state index is 12.3. The number of nitrogens with one attached hydrogen (secondary N) is 2. The summed E-state index contributed by atoms with van der Waals surface area (Å²) >= 11 is 0. The van der Waals surface area contributed by atoms with E-state index in [0.29, 0.717) is 6.54 Å². The first kappa shape index (κ1) is 17.3. The van der Waals surface area contributed by atoms with E-state index >= 15 is 0 Å². The third-order valence-corrected chi connectivity index (χ3v) is 5.34. The fraction of sp³-hybridized carbons (Fsp3) is 0.650. The van der Waals surface area contributed by atoms with E-state index in [2.05, 4.69) is 34.5 Å². The molecule has 0 radical (unpaired) electrons. The summed E-state index contributed by atoms with van der Waals surface area (Å²) in [7, 11) is 0. The molecule has 2 N–H and O–H groups in total. The van der Waals surface area contributed by atoms with Crippen molar-refractivity contribution in [2.24, 2.45) is 0 Å². The quantitative estimate of drug-likeness (QED) is 0.890. The molecule has 24 heavy (non-hydrogen) atoms. The fourth-order valence-corrected chi connectivity index (χ4v) is 3.92. The Labute approximate surface area is 146 Å². The van der Waals surface area contributed by atoms with Crippen molar-refractivity contribution in [1.29, 1.82) is 0 Å². The summed E-state index contributed by atoms with van der Waals surface area (Å²) in [6, 6.07) is 8.41. The summed E-state index contributed by atoms with van der Waals surface area (Å²) in [5.41, 5.74) is 2.21. The minimum absolute atomic E-state index is 0.148. The summed E-state index contributed by atoms with van der Waals surface area (Å²) in [5, 5.41) is 3.07. The van der Waals surface area contributed by atoms with E-state index in [0.717, 1.165) is 31.9 Å². The van der Waals surface area contributed by atoms with Gasteiger partial charge in [-0.1, -0.05) is 12.8 Å². The summed E-state index contributed by atoms with van der Waals surface area (Å²) in [4.78, 5) is 16.2. The van der Waals surface area contributed by atoms with Crippen molar-refractivity contribution in [3.05, 3.63) is 24.3 Å². The SMILES string of the molecule is O=C(C[NH+]1CCCCCC1)Nc1ccc(N2CCCCCC2)cc1. The number of hydrogen-bond donors (Lipinski definition) is 2. The molecule has 1 aromatic carbocycles. The summed E-state index contributed by atoms with van der Waals surface area (Å²) in [6.07, 6.45) is 10.4. The summed E-state index contributed by atoms with van der Waals surface area (Å²) in [6.45, 7) is 5.20. The predicted molar refractivity (Wildman–Crippen MR) is 99.8 cm³/mol. The fourth-order valence-electron chi connectivity index (χ4n) is 3.92. The highest BCUT2D eigenvalue weighted by atomic mass is 16.2. The molecule has 2 heterocycles. The van der Waals surface area contributed by atoms with Gasteiger partial charge in [0.25, 0.3) is 5.91 Å². The Hall–Kier alpha value is -1.55. The average Bonchev–Trinajstić information content (AvgIpc) is 3.00. The van der Waals surface area contributed by atoms with Crippen molar-refractivity contribution < 1.29 is 9.69 Å². The van der Waals surface area contributed by atoms with Crippen LogP contribution < -0.4 is 15.1 Å². The van der Waals surface area contributed by atoms with E-state index in [1.807, 2.05) is 0 Å². The Morgan fingerprint density at radius 3 is 2.08 bits per heavy atom. The Bertz CT molecular complexity index is 498. The van der Waals surface area contributed by atoms with E-state index in [1.54, 1.807) is 0 Å². The van der Waals surface area contributed by atoms with E-state index in [1.165, 1.54) is 62.0 Å². The number of carbonyl (C=O) groups is 1. The topological polar surface area (TPSA) is 36.8 Å². The molecule has 0 unspecified atom stereocenters. The van der Waals surface area contributed by atoms with Crippen LogP contribution in [0.15, 0.2) is 24.3 Å². The van der Waals surface area contributed by atoms with Gasteiger partial charge in [-0.2, -0.15) is 0 Å². The Kier molecular flexibility index (Phi) is 6.53. The number of benzene rings is 1. The van der Waals surface area contributed by atoms with Crippen LogP contribution in [-0.4, -0.2) is 38.6 Å². The minimum Gasteiger partial charge on any atom is -0.372 e. The molecular weight excluding hydrogens is 298 g/mol. The molecule has 0 bridgehead atoms. The van der Waals surface area contributed by atoms with E-state index in [9.17, 15) is 4.79 Å². The molecule has 132 valence electrons. The highest BCUT2D eigenvalue weighted by molar-refractivity contribution is 5.91. The summed E-state index contributed by atoms with van der Waals surface area (Å²) < 4.78 is 0. The lowest BCUT2D eigenvalue weighted by Crippen LogP contribution is -3.12. The largest absolute Gasteiger partial charge is 0.372 e. The number of rotatable bonds is 4. The predicted octanol–water partition coefficient (Wildman–Crippen LogP) is 2.46. The van der Waals surface area contributed by atoms with Crippen LogP contribution in [0.2, 0.25) is 0 Å². The van der Waals surface area contributed by atoms with Gasteiger partial charge in [0, 0.05) is 24.5 Å². The minimum atomic E-state index is 0.148. The maximum Gasteiger partial charge on any atom is 0.279 e. The second-order valence-corrected chi connectivity index (χ2v) is 7.34. The van der Waals surface area contributed by atoms with Crippen LogP contribution in [0, 0.1) is 0 Å². The highest BCUT2D eigenvalue weighted by Crippen LogP contribution is 2.21. The molecule has 1 amide bonds. The van der Waals surface area contributed by atoms with Crippen LogP contribution in [0.1, 0.15) is 51.4 Å². The second-order valence-electron chi connectivity index (χ2n) is 7.34.